The maximum Gasteiger partial charge on any atom is 0.131 e. The lowest BCUT2D eigenvalue weighted by Crippen LogP contribution is -2.32. The molecule has 0 radical (unpaired) electrons. The molecule has 0 spiro atoms. The molecule has 1 aliphatic heterocycles. The molecule has 0 saturated carbocycles. The van der Waals surface area contributed by atoms with Gasteiger partial charge in [0, 0.05) is 6.42 Å². The van der Waals surface area contributed by atoms with Crippen molar-refractivity contribution in [3.05, 3.63) is 94.0 Å². The van der Waals surface area contributed by atoms with E-state index >= 15 is 0 Å². The van der Waals surface area contributed by atoms with Gasteiger partial charge in [-0.15, -0.1) is 0 Å². The van der Waals surface area contributed by atoms with Crippen LogP contribution in [-0.2, 0) is 4.74 Å². The summed E-state index contributed by atoms with van der Waals surface area (Å²) in [5.74, 6) is 1.73. The molecule has 3 aromatic carbocycles. The second-order valence-electron chi connectivity index (χ2n) is 8.79. The van der Waals surface area contributed by atoms with E-state index in [1.54, 1.807) is 0 Å². The second-order valence-corrected chi connectivity index (χ2v) is 8.79. The number of ether oxygens (including phenoxy) is 3. The number of hydrogen-bond donors (Lipinski definition) is 0. The molecular weight excluding hydrogens is 384 g/mol. The zero-order chi connectivity index (χ0) is 22.0. The van der Waals surface area contributed by atoms with Crippen molar-refractivity contribution in [1.82, 2.24) is 0 Å². The van der Waals surface area contributed by atoms with Crippen molar-refractivity contribution in [2.24, 2.45) is 0 Å². The van der Waals surface area contributed by atoms with Crippen LogP contribution in [0.2, 0.25) is 0 Å². The molecule has 0 aliphatic carbocycles. The van der Waals surface area contributed by atoms with Crippen LogP contribution < -0.4 is 9.47 Å². The Morgan fingerprint density at radius 1 is 0.742 bits per heavy atom. The van der Waals surface area contributed by atoms with Crippen LogP contribution in [0.5, 0.6) is 11.5 Å². The lowest BCUT2D eigenvalue weighted by atomic mass is 9.95. The monoisotopic (exact) mass is 416 g/mol. The first-order chi connectivity index (χ1) is 14.9. The van der Waals surface area contributed by atoms with Crippen molar-refractivity contribution in [3.63, 3.8) is 0 Å². The van der Waals surface area contributed by atoms with Gasteiger partial charge < -0.3 is 14.2 Å². The molecule has 1 heterocycles. The van der Waals surface area contributed by atoms with E-state index in [2.05, 4.69) is 71.0 Å². The summed E-state index contributed by atoms with van der Waals surface area (Å²) in [6.45, 7) is 11.1. The highest BCUT2D eigenvalue weighted by molar-refractivity contribution is 5.38. The van der Waals surface area contributed by atoms with Gasteiger partial charge in [0.05, 0.1) is 6.10 Å². The van der Waals surface area contributed by atoms with Crippen molar-refractivity contribution in [2.75, 3.05) is 6.61 Å². The molecule has 0 amide bonds. The maximum atomic E-state index is 6.53. The molecule has 1 fully saturated rings. The van der Waals surface area contributed by atoms with E-state index in [1.165, 1.54) is 33.4 Å². The molecule has 0 N–H and O–H groups in total. The predicted octanol–water partition coefficient (Wildman–Crippen LogP) is 6.59. The molecule has 0 unspecified atom stereocenters. The van der Waals surface area contributed by atoms with Crippen LogP contribution in [0.15, 0.2) is 60.7 Å². The SMILES string of the molecule is Cc1ccc(OC[C@H]2O[C@H](c3cc(C)c(C)cc3C)C[C@@H]2Oc2ccc(C)cc2)cc1. The summed E-state index contributed by atoms with van der Waals surface area (Å²) in [4.78, 5) is 0. The van der Waals surface area contributed by atoms with Gasteiger partial charge in [-0.2, -0.15) is 0 Å². The van der Waals surface area contributed by atoms with Crippen molar-refractivity contribution < 1.29 is 14.2 Å². The average Bonchev–Trinajstić information content (AvgIpc) is 3.14. The first kappa shape index (κ1) is 21.5. The minimum absolute atomic E-state index is 0.00126. The van der Waals surface area contributed by atoms with Gasteiger partial charge >= 0.3 is 0 Å². The number of hydrogen-bond acceptors (Lipinski definition) is 3. The quantitative estimate of drug-likeness (QED) is 0.454. The van der Waals surface area contributed by atoms with Gasteiger partial charge in [0.1, 0.15) is 30.3 Å². The van der Waals surface area contributed by atoms with Crippen molar-refractivity contribution in [3.8, 4) is 11.5 Å². The summed E-state index contributed by atoms with van der Waals surface area (Å²) in [6.07, 6.45) is 0.591. The van der Waals surface area contributed by atoms with Gasteiger partial charge in [0.15, 0.2) is 0 Å². The molecule has 1 aliphatic rings. The molecule has 3 aromatic rings. The highest BCUT2D eigenvalue weighted by Gasteiger charge is 2.39. The second kappa shape index (κ2) is 9.15. The number of rotatable bonds is 6. The summed E-state index contributed by atoms with van der Waals surface area (Å²) in [7, 11) is 0. The Morgan fingerprint density at radius 3 is 1.97 bits per heavy atom. The first-order valence-electron chi connectivity index (χ1n) is 11.0. The van der Waals surface area contributed by atoms with Crippen molar-refractivity contribution >= 4 is 0 Å². The fraction of sp³-hybridized carbons (Fsp3) is 0.357. The van der Waals surface area contributed by atoms with Gasteiger partial charge in [-0.3, -0.25) is 0 Å². The predicted molar refractivity (Wildman–Crippen MR) is 125 cm³/mol. The van der Waals surface area contributed by atoms with Gasteiger partial charge in [0.2, 0.25) is 0 Å². The van der Waals surface area contributed by atoms with Crippen LogP contribution in [0.4, 0.5) is 0 Å². The molecule has 0 aromatic heterocycles. The van der Waals surface area contributed by atoms with Crippen LogP contribution in [0, 0.1) is 34.6 Å². The highest BCUT2D eigenvalue weighted by Crippen LogP contribution is 2.38. The van der Waals surface area contributed by atoms with Crippen molar-refractivity contribution in [1.29, 1.82) is 0 Å². The summed E-state index contributed by atoms with van der Waals surface area (Å²) in [5.41, 5.74) is 7.56. The molecule has 3 heteroatoms. The van der Waals surface area contributed by atoms with E-state index < -0.39 is 0 Å². The highest BCUT2D eigenvalue weighted by atomic mass is 16.6. The first-order valence-corrected chi connectivity index (χ1v) is 11.0. The van der Waals surface area contributed by atoms with E-state index in [0.29, 0.717) is 6.61 Å². The standard InChI is InChI=1S/C28H32O3/c1-18-6-10-23(11-7-18)29-17-28-27(30-24-12-8-19(2)9-13-24)16-26(31-28)25-15-21(4)20(3)14-22(25)5/h6-15,26-28H,16-17H2,1-5H3/t26-,27-,28+/m0/s1. The van der Waals surface area contributed by atoms with Gasteiger partial charge in [-0.1, -0.05) is 47.5 Å². The molecule has 1 saturated heterocycles. The third-order valence-electron chi connectivity index (χ3n) is 6.17. The molecular formula is C28H32O3. The van der Waals surface area contributed by atoms with E-state index in [9.17, 15) is 0 Å². The Morgan fingerprint density at radius 2 is 1.32 bits per heavy atom. The zero-order valence-corrected chi connectivity index (χ0v) is 19.1. The summed E-state index contributed by atoms with van der Waals surface area (Å²) in [5, 5.41) is 0. The van der Waals surface area contributed by atoms with Gasteiger partial charge in [-0.25, -0.2) is 0 Å². The van der Waals surface area contributed by atoms with E-state index in [0.717, 1.165) is 17.9 Å². The van der Waals surface area contributed by atoms with E-state index in [4.69, 9.17) is 14.2 Å². The Bertz CT molecular complexity index is 1020. The topological polar surface area (TPSA) is 27.7 Å². The molecule has 3 nitrogen and oxygen atoms in total. The molecule has 3 atom stereocenters. The third-order valence-corrected chi connectivity index (χ3v) is 6.17. The van der Waals surface area contributed by atoms with Crippen LogP contribution >= 0.6 is 0 Å². The van der Waals surface area contributed by atoms with Crippen LogP contribution in [-0.4, -0.2) is 18.8 Å². The van der Waals surface area contributed by atoms with Crippen molar-refractivity contribution in [2.45, 2.75) is 59.4 Å². The minimum atomic E-state index is -0.145. The number of benzene rings is 3. The Kier molecular flexibility index (Phi) is 6.33. The average molecular weight is 417 g/mol. The summed E-state index contributed by atoms with van der Waals surface area (Å²) >= 11 is 0. The largest absolute Gasteiger partial charge is 0.491 e. The fourth-order valence-electron chi connectivity index (χ4n) is 4.12. The molecule has 0 bridgehead atoms. The Balaban J connectivity index is 1.54. The van der Waals surface area contributed by atoms with Gasteiger partial charge in [-0.05, 0) is 81.1 Å². The summed E-state index contributed by atoms with van der Waals surface area (Å²) < 4.78 is 19.0. The maximum absolute atomic E-state index is 6.53. The molecule has 31 heavy (non-hydrogen) atoms. The minimum Gasteiger partial charge on any atom is -0.491 e. The van der Waals surface area contributed by atoms with Crippen LogP contribution in [0.3, 0.4) is 0 Å². The molecule has 4 rings (SSSR count). The smallest absolute Gasteiger partial charge is 0.131 e. The van der Waals surface area contributed by atoms with Crippen LogP contribution in [0.25, 0.3) is 0 Å². The van der Waals surface area contributed by atoms with Gasteiger partial charge in [0.25, 0.3) is 0 Å². The third kappa shape index (κ3) is 5.11. The van der Waals surface area contributed by atoms with Crippen LogP contribution in [0.1, 0.15) is 45.9 Å². The number of aryl methyl sites for hydroxylation is 5. The van der Waals surface area contributed by atoms with E-state index in [1.807, 2.05) is 24.3 Å². The lowest BCUT2D eigenvalue weighted by molar-refractivity contribution is -0.0109. The van der Waals surface area contributed by atoms with E-state index in [-0.39, 0.29) is 18.3 Å². The zero-order valence-electron chi connectivity index (χ0n) is 19.1. The Labute approximate surface area is 186 Å². The molecule has 162 valence electrons. The normalized spacial score (nSPS) is 20.6. The Hall–Kier alpha value is -2.78. The fourth-order valence-corrected chi connectivity index (χ4v) is 4.12. The summed E-state index contributed by atoms with van der Waals surface area (Å²) in [6, 6.07) is 20.9. The lowest BCUT2D eigenvalue weighted by Gasteiger charge is -2.20.